The van der Waals surface area contributed by atoms with E-state index in [0.717, 1.165) is 24.3 Å². The van der Waals surface area contributed by atoms with Crippen molar-refractivity contribution in [3.63, 3.8) is 0 Å². The highest BCUT2D eigenvalue weighted by molar-refractivity contribution is 7.99. The molecule has 1 atom stereocenters. The first kappa shape index (κ1) is 20.6. The lowest BCUT2D eigenvalue weighted by Crippen LogP contribution is -2.36. The predicted octanol–water partition coefficient (Wildman–Crippen LogP) is 5.10. The molecule has 1 aliphatic rings. The van der Waals surface area contributed by atoms with Gasteiger partial charge in [-0.15, -0.1) is 0 Å². The van der Waals surface area contributed by atoms with Crippen molar-refractivity contribution in [2.24, 2.45) is 0 Å². The average molecular weight is 409 g/mol. The fourth-order valence-corrected chi connectivity index (χ4v) is 4.54. The van der Waals surface area contributed by atoms with Gasteiger partial charge in [-0.05, 0) is 42.7 Å². The standard InChI is InChI=1S/C21H22F3NO2S/c1-15-5-2-3-8-18(15)19-9-10-25(11-12-28-19)20(26)14-27-17-7-4-6-16(13-17)21(22,23)24/h2-8,13,19H,9-12,14H2,1H3. The Morgan fingerprint density at radius 2 is 1.96 bits per heavy atom. The Bertz CT molecular complexity index is 825. The summed E-state index contributed by atoms with van der Waals surface area (Å²) >= 11 is 1.83. The topological polar surface area (TPSA) is 29.5 Å². The summed E-state index contributed by atoms with van der Waals surface area (Å²) in [5, 5.41) is 0.336. The molecule has 2 aromatic carbocycles. The van der Waals surface area contributed by atoms with Crippen molar-refractivity contribution < 1.29 is 22.7 Å². The third-order valence-electron chi connectivity index (χ3n) is 4.75. The molecule has 1 aliphatic heterocycles. The summed E-state index contributed by atoms with van der Waals surface area (Å²) in [5.74, 6) is 0.655. The maximum absolute atomic E-state index is 12.8. The lowest BCUT2D eigenvalue weighted by molar-refractivity contribution is -0.137. The third-order valence-corrected chi connectivity index (χ3v) is 6.06. The molecule has 0 aromatic heterocycles. The molecule has 2 aromatic rings. The molecule has 3 nitrogen and oxygen atoms in total. The molecule has 7 heteroatoms. The molecule has 0 N–H and O–H groups in total. The van der Waals surface area contributed by atoms with Crippen LogP contribution in [0.3, 0.4) is 0 Å². The zero-order valence-electron chi connectivity index (χ0n) is 15.5. The first-order chi connectivity index (χ1) is 13.3. The number of thioether (sulfide) groups is 1. The normalized spacial score (nSPS) is 17.9. The molecule has 0 bridgehead atoms. The van der Waals surface area contributed by atoms with E-state index in [4.69, 9.17) is 4.74 Å². The maximum Gasteiger partial charge on any atom is 0.416 e. The number of halogens is 3. The first-order valence-electron chi connectivity index (χ1n) is 9.09. The van der Waals surface area contributed by atoms with Gasteiger partial charge < -0.3 is 9.64 Å². The van der Waals surface area contributed by atoms with Crippen LogP contribution in [0.2, 0.25) is 0 Å². The number of carbonyl (C=O) groups is 1. The van der Waals surface area contributed by atoms with Gasteiger partial charge in [-0.2, -0.15) is 24.9 Å². The summed E-state index contributed by atoms with van der Waals surface area (Å²) in [7, 11) is 0. The van der Waals surface area contributed by atoms with Crippen molar-refractivity contribution >= 4 is 17.7 Å². The number of benzene rings is 2. The van der Waals surface area contributed by atoms with Crippen LogP contribution in [0.4, 0.5) is 13.2 Å². The number of carbonyl (C=O) groups excluding carboxylic acids is 1. The first-order valence-corrected chi connectivity index (χ1v) is 10.1. The van der Waals surface area contributed by atoms with Crippen molar-refractivity contribution in [3.8, 4) is 5.75 Å². The zero-order chi connectivity index (χ0) is 20.1. The van der Waals surface area contributed by atoms with E-state index in [1.807, 2.05) is 23.9 Å². The Morgan fingerprint density at radius 3 is 2.71 bits per heavy atom. The van der Waals surface area contributed by atoms with Gasteiger partial charge in [-0.25, -0.2) is 0 Å². The molecule has 1 heterocycles. The second-order valence-electron chi connectivity index (χ2n) is 6.70. The van der Waals surface area contributed by atoms with Crippen LogP contribution in [-0.4, -0.2) is 36.3 Å². The highest BCUT2D eigenvalue weighted by Gasteiger charge is 2.30. The van der Waals surface area contributed by atoms with Crippen molar-refractivity contribution in [2.45, 2.75) is 24.8 Å². The van der Waals surface area contributed by atoms with Gasteiger partial charge in [-0.1, -0.05) is 30.3 Å². The minimum Gasteiger partial charge on any atom is -0.484 e. The van der Waals surface area contributed by atoms with E-state index in [-0.39, 0.29) is 18.3 Å². The van der Waals surface area contributed by atoms with Crippen molar-refractivity contribution in [3.05, 3.63) is 65.2 Å². The fourth-order valence-electron chi connectivity index (χ4n) is 3.21. The minimum absolute atomic E-state index is 0.0464. The Balaban J connectivity index is 1.56. The van der Waals surface area contributed by atoms with Crippen LogP contribution >= 0.6 is 11.8 Å². The largest absolute Gasteiger partial charge is 0.484 e. The molecule has 1 amide bonds. The predicted molar refractivity (Wildman–Crippen MR) is 105 cm³/mol. The summed E-state index contributed by atoms with van der Waals surface area (Å²) < 4.78 is 43.7. The quantitative estimate of drug-likeness (QED) is 0.704. The van der Waals surface area contributed by atoms with Gasteiger partial charge in [0.15, 0.2) is 6.61 Å². The van der Waals surface area contributed by atoms with Gasteiger partial charge >= 0.3 is 6.18 Å². The average Bonchev–Trinajstić information content (AvgIpc) is 2.92. The third kappa shape index (κ3) is 5.22. The Morgan fingerprint density at radius 1 is 1.18 bits per heavy atom. The molecule has 1 saturated heterocycles. The molecule has 0 spiro atoms. The van der Waals surface area contributed by atoms with Gasteiger partial charge in [0.05, 0.1) is 5.56 Å². The summed E-state index contributed by atoms with van der Waals surface area (Å²) in [6.45, 7) is 3.04. The van der Waals surface area contributed by atoms with Gasteiger partial charge in [0.25, 0.3) is 5.91 Å². The van der Waals surface area contributed by atoms with E-state index < -0.39 is 11.7 Å². The van der Waals surface area contributed by atoms with Crippen LogP contribution in [-0.2, 0) is 11.0 Å². The van der Waals surface area contributed by atoms with Crippen molar-refractivity contribution in [2.75, 3.05) is 25.4 Å². The molecule has 28 heavy (non-hydrogen) atoms. The van der Waals surface area contributed by atoms with E-state index in [1.54, 1.807) is 4.90 Å². The van der Waals surface area contributed by atoms with E-state index in [9.17, 15) is 18.0 Å². The summed E-state index contributed by atoms with van der Waals surface area (Å²) in [6.07, 6.45) is -3.60. The zero-order valence-corrected chi connectivity index (χ0v) is 16.4. The van der Waals surface area contributed by atoms with Crippen LogP contribution in [0.15, 0.2) is 48.5 Å². The SMILES string of the molecule is Cc1ccccc1C1CCN(C(=O)COc2cccc(C(F)(F)F)c2)CCS1. The number of hydrogen-bond acceptors (Lipinski definition) is 3. The molecule has 1 unspecified atom stereocenters. The molecule has 0 aliphatic carbocycles. The minimum atomic E-state index is -4.43. The van der Waals surface area contributed by atoms with Gasteiger partial charge in [0, 0.05) is 24.1 Å². The number of hydrogen-bond donors (Lipinski definition) is 0. The number of nitrogens with zero attached hydrogens (tertiary/aromatic N) is 1. The number of ether oxygens (including phenoxy) is 1. The summed E-state index contributed by atoms with van der Waals surface area (Å²) in [6, 6.07) is 12.9. The molecular weight excluding hydrogens is 387 g/mol. The second-order valence-corrected chi connectivity index (χ2v) is 8.01. The molecule has 1 fully saturated rings. The molecule has 0 saturated carbocycles. The van der Waals surface area contributed by atoms with Gasteiger partial charge in [0.2, 0.25) is 0 Å². The van der Waals surface area contributed by atoms with Crippen molar-refractivity contribution in [1.29, 1.82) is 0 Å². The number of rotatable bonds is 4. The smallest absolute Gasteiger partial charge is 0.416 e. The van der Waals surface area contributed by atoms with Gasteiger partial charge in [0.1, 0.15) is 5.75 Å². The van der Waals surface area contributed by atoms with E-state index in [0.29, 0.717) is 18.3 Å². The second kappa shape index (κ2) is 8.90. The lowest BCUT2D eigenvalue weighted by Gasteiger charge is -2.21. The van der Waals surface area contributed by atoms with Crippen LogP contribution < -0.4 is 4.74 Å². The summed E-state index contributed by atoms with van der Waals surface area (Å²) in [4.78, 5) is 14.2. The van der Waals surface area contributed by atoms with Crippen LogP contribution in [0, 0.1) is 6.92 Å². The van der Waals surface area contributed by atoms with Crippen molar-refractivity contribution in [1.82, 2.24) is 4.90 Å². The molecule has 0 radical (unpaired) electrons. The van der Waals surface area contributed by atoms with E-state index in [1.165, 1.54) is 23.3 Å². The van der Waals surface area contributed by atoms with Crippen LogP contribution in [0.5, 0.6) is 5.75 Å². The van der Waals surface area contributed by atoms with E-state index in [2.05, 4.69) is 19.1 Å². The van der Waals surface area contributed by atoms with Crippen LogP contribution in [0.1, 0.15) is 28.4 Å². The molecule has 3 rings (SSSR count). The fraction of sp³-hybridized carbons (Fsp3) is 0.381. The highest BCUT2D eigenvalue weighted by Crippen LogP contribution is 2.36. The number of amides is 1. The highest BCUT2D eigenvalue weighted by atomic mass is 32.2. The Kier molecular flexibility index (Phi) is 6.54. The summed E-state index contributed by atoms with van der Waals surface area (Å²) in [5.41, 5.74) is 1.75. The van der Waals surface area contributed by atoms with Gasteiger partial charge in [-0.3, -0.25) is 4.79 Å². The molecule has 150 valence electrons. The molecular formula is C21H22F3NO2S. The monoisotopic (exact) mass is 409 g/mol. The lowest BCUT2D eigenvalue weighted by atomic mass is 10.0. The Labute approximate surface area is 166 Å². The number of alkyl halides is 3. The van der Waals surface area contributed by atoms with E-state index >= 15 is 0 Å². The number of aryl methyl sites for hydroxylation is 1. The van der Waals surface area contributed by atoms with Crippen LogP contribution in [0.25, 0.3) is 0 Å². The maximum atomic E-state index is 12.8. The Hall–Kier alpha value is -2.15.